The van der Waals surface area contributed by atoms with Gasteiger partial charge in [-0.15, -0.1) is 0 Å². The van der Waals surface area contributed by atoms with Crippen LogP contribution in [0.1, 0.15) is 23.7 Å². The molecule has 0 aromatic heterocycles. The van der Waals surface area contributed by atoms with E-state index in [4.69, 9.17) is 9.47 Å². The molecule has 0 fully saturated rings. The molecule has 0 saturated carbocycles. The fourth-order valence-electron chi connectivity index (χ4n) is 1.85. The Kier molecular flexibility index (Phi) is 9.45. The summed E-state index contributed by atoms with van der Waals surface area (Å²) in [5.74, 6) is -0.943. The Balaban J connectivity index is 2.59. The average molecular weight is 398 g/mol. The molecule has 0 aliphatic rings. The third kappa shape index (κ3) is 6.95. The van der Waals surface area contributed by atoms with Crippen LogP contribution in [-0.2, 0) is 19.1 Å². The van der Waals surface area contributed by atoms with Gasteiger partial charge >= 0.3 is 11.9 Å². The highest BCUT2D eigenvalue weighted by molar-refractivity contribution is 9.09. The zero-order chi connectivity index (χ0) is 17.8. The second-order valence-corrected chi connectivity index (χ2v) is 5.29. The minimum absolute atomic E-state index is 0.168. The molecule has 1 aromatic carbocycles. The lowest BCUT2D eigenvalue weighted by molar-refractivity contribution is -0.145. The van der Waals surface area contributed by atoms with Crippen LogP contribution in [0.3, 0.4) is 0 Å². The molecule has 7 heteroatoms. The zero-order valence-electron chi connectivity index (χ0n) is 13.4. The quantitative estimate of drug-likeness (QED) is 0.283. The minimum Gasteiger partial charge on any atom is -0.464 e. The number of alkyl halides is 1. The summed E-state index contributed by atoms with van der Waals surface area (Å²) in [5, 5.41) is 2.88. The topological polar surface area (TPSA) is 81.7 Å². The lowest BCUT2D eigenvalue weighted by Gasteiger charge is -2.13. The van der Waals surface area contributed by atoms with Gasteiger partial charge in [0.1, 0.15) is 6.04 Å². The molecule has 130 valence electrons. The molecule has 0 aliphatic carbocycles. The van der Waals surface area contributed by atoms with Crippen LogP contribution in [0.15, 0.2) is 42.0 Å². The van der Waals surface area contributed by atoms with Crippen molar-refractivity contribution in [3.63, 3.8) is 0 Å². The van der Waals surface area contributed by atoms with E-state index < -0.39 is 18.0 Å². The van der Waals surface area contributed by atoms with E-state index in [-0.39, 0.29) is 13.2 Å². The van der Waals surface area contributed by atoms with Gasteiger partial charge in [-0.1, -0.05) is 45.8 Å². The molecule has 1 aromatic rings. The van der Waals surface area contributed by atoms with Crippen LogP contribution in [-0.4, -0.2) is 42.9 Å². The number of amides is 1. The van der Waals surface area contributed by atoms with Crippen molar-refractivity contribution < 1.29 is 23.9 Å². The Hall–Kier alpha value is -2.15. The fourth-order valence-corrected chi connectivity index (χ4v) is 2.32. The van der Waals surface area contributed by atoms with Crippen molar-refractivity contribution in [2.45, 2.75) is 19.4 Å². The summed E-state index contributed by atoms with van der Waals surface area (Å²) in [7, 11) is 0. The van der Waals surface area contributed by atoms with Crippen molar-refractivity contribution >= 4 is 34.3 Å². The first-order valence-corrected chi connectivity index (χ1v) is 8.58. The molecule has 0 saturated heterocycles. The van der Waals surface area contributed by atoms with E-state index >= 15 is 0 Å². The zero-order valence-corrected chi connectivity index (χ0v) is 15.0. The molecule has 6 nitrogen and oxygen atoms in total. The van der Waals surface area contributed by atoms with Gasteiger partial charge in [0, 0.05) is 11.8 Å². The SMILES string of the molecule is CCOC(=O)C(/C=C(\CBr)CCOC(=O)c1ccccc1)NC=O. The summed E-state index contributed by atoms with van der Waals surface area (Å²) >= 11 is 3.32. The van der Waals surface area contributed by atoms with E-state index in [0.29, 0.717) is 23.7 Å². The first-order chi connectivity index (χ1) is 11.6. The Bertz CT molecular complexity index is 574. The normalized spacial score (nSPS) is 12.2. The standard InChI is InChI=1S/C17H20BrNO5/c1-2-23-17(22)15(19-12-20)10-13(11-18)8-9-24-16(21)14-6-4-3-5-7-14/h3-7,10,12,15H,2,8-9,11H2,1H3,(H,19,20)/b13-10-. The molecular weight excluding hydrogens is 378 g/mol. The van der Waals surface area contributed by atoms with Gasteiger partial charge in [-0.25, -0.2) is 9.59 Å². The second-order valence-electron chi connectivity index (χ2n) is 4.72. The van der Waals surface area contributed by atoms with Gasteiger partial charge in [0.2, 0.25) is 6.41 Å². The monoisotopic (exact) mass is 397 g/mol. The molecule has 0 radical (unpaired) electrons. The summed E-state index contributed by atoms with van der Waals surface area (Å²) in [4.78, 5) is 34.2. The summed E-state index contributed by atoms with van der Waals surface area (Å²) < 4.78 is 10.1. The van der Waals surface area contributed by atoms with Crippen molar-refractivity contribution in [2.75, 3.05) is 18.5 Å². The number of rotatable bonds is 10. The molecule has 1 rings (SSSR count). The molecule has 0 aliphatic heterocycles. The number of halogens is 1. The van der Waals surface area contributed by atoms with E-state index in [0.717, 1.165) is 5.57 Å². The lowest BCUT2D eigenvalue weighted by atomic mass is 10.1. The summed E-state index contributed by atoms with van der Waals surface area (Å²) in [6.07, 6.45) is 2.47. The van der Waals surface area contributed by atoms with E-state index in [1.54, 1.807) is 37.3 Å². The number of carbonyl (C=O) groups is 3. The number of ether oxygens (including phenoxy) is 2. The van der Waals surface area contributed by atoms with E-state index in [9.17, 15) is 14.4 Å². The smallest absolute Gasteiger partial charge is 0.338 e. The Morgan fingerprint density at radius 3 is 2.54 bits per heavy atom. The van der Waals surface area contributed by atoms with E-state index in [2.05, 4.69) is 21.2 Å². The fraction of sp³-hybridized carbons (Fsp3) is 0.353. The molecule has 1 atom stereocenters. The third-order valence-corrected chi connectivity index (χ3v) is 3.75. The number of benzene rings is 1. The molecule has 1 unspecified atom stereocenters. The molecule has 0 spiro atoms. The maximum Gasteiger partial charge on any atom is 0.338 e. The predicted octanol–water partition coefficient (Wildman–Crippen LogP) is 2.23. The highest BCUT2D eigenvalue weighted by Gasteiger charge is 2.17. The third-order valence-electron chi connectivity index (χ3n) is 3.03. The first kappa shape index (κ1) is 19.9. The van der Waals surface area contributed by atoms with Gasteiger partial charge < -0.3 is 14.8 Å². The highest BCUT2D eigenvalue weighted by Crippen LogP contribution is 2.10. The maximum absolute atomic E-state index is 11.8. The van der Waals surface area contributed by atoms with Crippen LogP contribution < -0.4 is 5.32 Å². The van der Waals surface area contributed by atoms with Crippen molar-refractivity contribution in [3.8, 4) is 0 Å². The average Bonchev–Trinajstić information content (AvgIpc) is 2.60. The molecule has 0 bridgehead atoms. The van der Waals surface area contributed by atoms with Gasteiger partial charge in [0.25, 0.3) is 0 Å². The largest absolute Gasteiger partial charge is 0.464 e. The van der Waals surface area contributed by atoms with Crippen LogP contribution in [0.5, 0.6) is 0 Å². The maximum atomic E-state index is 11.8. The lowest BCUT2D eigenvalue weighted by Crippen LogP contribution is -2.36. The van der Waals surface area contributed by atoms with Gasteiger partial charge in [0.15, 0.2) is 0 Å². The molecular formula is C17H20BrNO5. The highest BCUT2D eigenvalue weighted by atomic mass is 79.9. The predicted molar refractivity (Wildman–Crippen MR) is 92.8 cm³/mol. The van der Waals surface area contributed by atoms with Gasteiger partial charge in [-0.3, -0.25) is 4.79 Å². The van der Waals surface area contributed by atoms with Crippen molar-refractivity contribution in [3.05, 3.63) is 47.5 Å². The number of hydrogen-bond acceptors (Lipinski definition) is 5. The second kappa shape index (κ2) is 11.4. The van der Waals surface area contributed by atoms with Crippen molar-refractivity contribution in [2.24, 2.45) is 0 Å². The minimum atomic E-state index is -0.861. The summed E-state index contributed by atoms with van der Waals surface area (Å²) in [6, 6.07) is 7.82. The molecule has 1 amide bonds. The summed E-state index contributed by atoms with van der Waals surface area (Å²) in [6.45, 7) is 2.08. The van der Waals surface area contributed by atoms with Crippen LogP contribution in [0.4, 0.5) is 0 Å². The molecule has 24 heavy (non-hydrogen) atoms. The Morgan fingerprint density at radius 2 is 1.96 bits per heavy atom. The summed E-state index contributed by atoms with van der Waals surface area (Å²) in [5.41, 5.74) is 1.29. The van der Waals surface area contributed by atoms with E-state index in [1.807, 2.05) is 6.07 Å². The van der Waals surface area contributed by atoms with Gasteiger partial charge in [0.05, 0.1) is 18.8 Å². The van der Waals surface area contributed by atoms with Crippen molar-refractivity contribution in [1.82, 2.24) is 5.32 Å². The van der Waals surface area contributed by atoms with Crippen LogP contribution in [0, 0.1) is 0 Å². The molecule has 1 N–H and O–H groups in total. The van der Waals surface area contributed by atoms with Gasteiger partial charge in [-0.2, -0.15) is 0 Å². The number of hydrogen-bond donors (Lipinski definition) is 1. The van der Waals surface area contributed by atoms with Crippen LogP contribution in [0.25, 0.3) is 0 Å². The van der Waals surface area contributed by atoms with Gasteiger partial charge in [-0.05, 0) is 19.1 Å². The molecule has 0 heterocycles. The Morgan fingerprint density at radius 1 is 1.25 bits per heavy atom. The van der Waals surface area contributed by atoms with Crippen LogP contribution >= 0.6 is 15.9 Å². The first-order valence-electron chi connectivity index (χ1n) is 7.46. The number of esters is 2. The van der Waals surface area contributed by atoms with Crippen LogP contribution in [0.2, 0.25) is 0 Å². The number of nitrogens with one attached hydrogen (secondary N) is 1. The number of carbonyl (C=O) groups excluding carboxylic acids is 3. The Labute approximate surface area is 149 Å². The van der Waals surface area contributed by atoms with E-state index in [1.165, 1.54) is 0 Å². The van der Waals surface area contributed by atoms with Crippen molar-refractivity contribution in [1.29, 1.82) is 0 Å².